The Labute approximate surface area is 141 Å². The van der Waals surface area contributed by atoms with Gasteiger partial charge in [0.25, 0.3) is 0 Å². The maximum absolute atomic E-state index is 12.2. The predicted molar refractivity (Wildman–Crippen MR) is 89.5 cm³/mol. The number of nitrogens with zero attached hydrogens (tertiary/aromatic N) is 2. The van der Waals surface area contributed by atoms with Gasteiger partial charge in [-0.05, 0) is 43.1 Å². The molecule has 1 aromatic carbocycles. The maximum Gasteiger partial charge on any atom is 0.331 e. The van der Waals surface area contributed by atoms with Gasteiger partial charge in [0.15, 0.2) is 5.54 Å². The van der Waals surface area contributed by atoms with Gasteiger partial charge in [0.1, 0.15) is 0 Å². The van der Waals surface area contributed by atoms with Gasteiger partial charge < -0.3 is 9.84 Å². The van der Waals surface area contributed by atoms with Crippen LogP contribution in [0.15, 0.2) is 42.7 Å². The molecule has 2 fully saturated rings. The summed E-state index contributed by atoms with van der Waals surface area (Å²) in [7, 11) is 1.75. The first-order chi connectivity index (χ1) is 11.6. The second kappa shape index (κ2) is 5.74. The second-order valence-electron chi connectivity index (χ2n) is 7.13. The fraction of sp³-hybridized carbons (Fsp3) is 0.474. The second-order valence-corrected chi connectivity index (χ2v) is 7.13. The van der Waals surface area contributed by atoms with Crippen molar-refractivity contribution in [2.75, 3.05) is 7.11 Å². The Kier molecular flexibility index (Phi) is 3.68. The first-order valence-electron chi connectivity index (χ1n) is 8.49. The highest BCUT2D eigenvalue weighted by Gasteiger charge is 2.55. The van der Waals surface area contributed by atoms with E-state index in [0.717, 1.165) is 24.0 Å². The summed E-state index contributed by atoms with van der Waals surface area (Å²) in [4.78, 5) is 12.2. The van der Waals surface area contributed by atoms with Crippen LogP contribution in [0.1, 0.15) is 25.7 Å². The minimum atomic E-state index is -0.916. The molecule has 0 saturated heterocycles. The zero-order valence-electron chi connectivity index (χ0n) is 13.8. The zero-order chi connectivity index (χ0) is 16.7. The Balaban J connectivity index is 1.64. The van der Waals surface area contributed by atoms with Crippen molar-refractivity contribution in [2.45, 2.75) is 37.3 Å². The number of aromatic nitrogens is 2. The van der Waals surface area contributed by atoms with Crippen LogP contribution in [0.2, 0.25) is 0 Å². The Hall–Kier alpha value is -2.14. The molecular formula is C19H22N2O3. The average Bonchev–Trinajstić information content (AvgIpc) is 3.28. The number of fused-ring (bicyclic) bond motifs is 1. The monoisotopic (exact) mass is 326 g/mol. The third-order valence-electron chi connectivity index (χ3n) is 5.86. The van der Waals surface area contributed by atoms with Crippen LogP contribution in [0.5, 0.6) is 0 Å². The highest BCUT2D eigenvalue weighted by molar-refractivity contribution is 5.77. The molecule has 126 valence electrons. The van der Waals surface area contributed by atoms with E-state index in [9.17, 15) is 9.90 Å². The van der Waals surface area contributed by atoms with Crippen LogP contribution in [0.25, 0.3) is 11.1 Å². The Morgan fingerprint density at radius 3 is 2.46 bits per heavy atom. The van der Waals surface area contributed by atoms with Crippen LogP contribution in [0.4, 0.5) is 0 Å². The summed E-state index contributed by atoms with van der Waals surface area (Å²) in [6.45, 7) is 0. The fourth-order valence-corrected chi connectivity index (χ4v) is 4.60. The molecule has 2 aromatic rings. The minimum absolute atomic E-state index is 0.282. The highest BCUT2D eigenvalue weighted by Crippen LogP contribution is 2.52. The summed E-state index contributed by atoms with van der Waals surface area (Å²) < 4.78 is 7.17. The predicted octanol–water partition coefficient (Wildman–Crippen LogP) is 3.17. The van der Waals surface area contributed by atoms with Gasteiger partial charge in [-0.3, -0.25) is 4.68 Å². The van der Waals surface area contributed by atoms with Crippen LogP contribution in [-0.4, -0.2) is 34.1 Å². The number of hydrogen-bond acceptors (Lipinski definition) is 3. The molecule has 1 N–H and O–H groups in total. The third kappa shape index (κ3) is 2.35. The minimum Gasteiger partial charge on any atom is -0.479 e. The molecule has 5 heteroatoms. The van der Waals surface area contributed by atoms with Crippen LogP contribution in [-0.2, 0) is 15.1 Å². The van der Waals surface area contributed by atoms with Gasteiger partial charge in [-0.2, -0.15) is 5.10 Å². The van der Waals surface area contributed by atoms with Gasteiger partial charge in [0.05, 0.1) is 12.3 Å². The normalized spacial score (nSPS) is 32.0. The number of hydrogen-bond donors (Lipinski definition) is 1. The van der Waals surface area contributed by atoms with Gasteiger partial charge in [-0.15, -0.1) is 0 Å². The van der Waals surface area contributed by atoms with Crippen molar-refractivity contribution in [1.82, 2.24) is 9.78 Å². The van der Waals surface area contributed by atoms with E-state index in [1.54, 1.807) is 18.0 Å². The van der Waals surface area contributed by atoms with Crippen molar-refractivity contribution >= 4 is 5.97 Å². The van der Waals surface area contributed by atoms with Crippen LogP contribution in [0.3, 0.4) is 0 Å². The number of ether oxygens (including phenoxy) is 1. The molecule has 5 nitrogen and oxygen atoms in total. The molecule has 2 aliphatic carbocycles. The van der Waals surface area contributed by atoms with E-state index >= 15 is 0 Å². The SMILES string of the molecule is COC1C[C@@H]2CC(C(=O)O)(n3cc(-c4ccccc4)cn3)C[C@@H]2C1. The van der Waals surface area contributed by atoms with E-state index in [1.165, 1.54) is 0 Å². The molecule has 1 aromatic heterocycles. The smallest absolute Gasteiger partial charge is 0.331 e. The van der Waals surface area contributed by atoms with Gasteiger partial charge in [0, 0.05) is 18.9 Å². The molecule has 1 heterocycles. The quantitative estimate of drug-likeness (QED) is 0.937. The molecule has 0 spiro atoms. The number of carboxylic acid groups (broad SMARTS) is 1. The molecule has 0 amide bonds. The van der Waals surface area contributed by atoms with E-state index in [0.29, 0.717) is 24.7 Å². The van der Waals surface area contributed by atoms with Crippen molar-refractivity contribution in [3.63, 3.8) is 0 Å². The largest absolute Gasteiger partial charge is 0.479 e. The molecular weight excluding hydrogens is 304 g/mol. The number of rotatable bonds is 4. The van der Waals surface area contributed by atoms with E-state index in [-0.39, 0.29) is 6.10 Å². The number of aliphatic carboxylic acids is 1. The first kappa shape index (κ1) is 15.4. The molecule has 2 unspecified atom stereocenters. The molecule has 24 heavy (non-hydrogen) atoms. The van der Waals surface area contributed by atoms with Gasteiger partial charge in [-0.25, -0.2) is 4.79 Å². The van der Waals surface area contributed by atoms with Gasteiger partial charge >= 0.3 is 5.97 Å². The van der Waals surface area contributed by atoms with Crippen molar-refractivity contribution in [2.24, 2.45) is 11.8 Å². The Morgan fingerprint density at radius 2 is 1.88 bits per heavy atom. The van der Waals surface area contributed by atoms with Crippen molar-refractivity contribution in [3.05, 3.63) is 42.7 Å². The van der Waals surface area contributed by atoms with Crippen molar-refractivity contribution in [1.29, 1.82) is 0 Å². The lowest BCUT2D eigenvalue weighted by molar-refractivity contribution is -0.148. The van der Waals surface area contributed by atoms with Crippen LogP contribution < -0.4 is 0 Å². The van der Waals surface area contributed by atoms with Crippen LogP contribution in [0, 0.1) is 11.8 Å². The van der Waals surface area contributed by atoms with Gasteiger partial charge in [0.2, 0.25) is 0 Å². The lowest BCUT2D eigenvalue weighted by atomic mass is 9.93. The number of methoxy groups -OCH3 is 1. The lowest BCUT2D eigenvalue weighted by Crippen LogP contribution is -2.40. The Bertz CT molecular complexity index is 726. The first-order valence-corrected chi connectivity index (χ1v) is 8.49. The number of benzene rings is 1. The standard InChI is InChI=1S/C19H22N2O3/c1-24-17-7-14-9-19(18(22)23,10-15(14)8-17)21-12-16(11-20-21)13-5-3-2-4-6-13/h2-6,11-12,14-15,17H,7-10H2,1H3,(H,22,23)/t14-,15+,17?,19?. The molecule has 4 rings (SSSR count). The molecule has 0 bridgehead atoms. The summed E-state index contributed by atoms with van der Waals surface area (Å²) in [6.07, 6.45) is 7.14. The van der Waals surface area contributed by atoms with Crippen molar-refractivity contribution in [3.8, 4) is 11.1 Å². The molecule has 0 aliphatic heterocycles. The lowest BCUT2D eigenvalue weighted by Gasteiger charge is -2.26. The summed E-state index contributed by atoms with van der Waals surface area (Å²) in [5, 5.41) is 14.4. The molecule has 0 radical (unpaired) electrons. The molecule has 2 aliphatic rings. The van der Waals surface area contributed by atoms with Crippen LogP contribution >= 0.6 is 0 Å². The third-order valence-corrected chi connectivity index (χ3v) is 5.86. The van der Waals surface area contributed by atoms with E-state index in [1.807, 2.05) is 36.5 Å². The van der Waals surface area contributed by atoms with Gasteiger partial charge in [-0.1, -0.05) is 30.3 Å². The number of carboxylic acids is 1. The average molecular weight is 326 g/mol. The topological polar surface area (TPSA) is 64.3 Å². The summed E-state index contributed by atoms with van der Waals surface area (Å²) in [5.74, 6) is 0.0550. The summed E-state index contributed by atoms with van der Waals surface area (Å²) in [6, 6.07) is 9.95. The van der Waals surface area contributed by atoms with E-state index < -0.39 is 11.5 Å². The van der Waals surface area contributed by atoms with E-state index in [4.69, 9.17) is 4.74 Å². The Morgan fingerprint density at radius 1 is 1.21 bits per heavy atom. The van der Waals surface area contributed by atoms with E-state index in [2.05, 4.69) is 5.10 Å². The molecule has 4 atom stereocenters. The maximum atomic E-state index is 12.2. The summed E-state index contributed by atoms with van der Waals surface area (Å²) in [5.41, 5.74) is 1.10. The zero-order valence-corrected chi connectivity index (χ0v) is 13.8. The number of carbonyl (C=O) groups is 1. The summed E-state index contributed by atoms with van der Waals surface area (Å²) >= 11 is 0. The highest BCUT2D eigenvalue weighted by atomic mass is 16.5. The fourth-order valence-electron chi connectivity index (χ4n) is 4.60. The molecule has 2 saturated carbocycles. The van der Waals surface area contributed by atoms with Crippen molar-refractivity contribution < 1.29 is 14.6 Å².